The minimum atomic E-state index is -0.317. The Morgan fingerprint density at radius 2 is 1.83 bits per heavy atom. The highest BCUT2D eigenvalue weighted by atomic mass is 32.2. The molecule has 3 aromatic carbocycles. The van der Waals surface area contributed by atoms with Crippen molar-refractivity contribution in [2.75, 3.05) is 11.1 Å². The van der Waals surface area contributed by atoms with Crippen molar-refractivity contribution in [2.24, 2.45) is 0 Å². The molecule has 0 radical (unpaired) electrons. The Balaban J connectivity index is 1.24. The number of aryl methyl sites for hydroxylation is 1. The van der Waals surface area contributed by atoms with Gasteiger partial charge in [0.2, 0.25) is 5.91 Å². The van der Waals surface area contributed by atoms with Crippen LogP contribution in [0.5, 0.6) is 0 Å². The summed E-state index contributed by atoms with van der Waals surface area (Å²) >= 11 is 2.94. The first kappa shape index (κ1) is 23.9. The highest BCUT2D eigenvalue weighted by Crippen LogP contribution is 2.31. The van der Waals surface area contributed by atoms with Gasteiger partial charge in [-0.25, -0.2) is 9.37 Å². The first-order chi connectivity index (χ1) is 17.5. The number of thiazole rings is 1. The van der Waals surface area contributed by atoms with Crippen LogP contribution in [0.4, 0.5) is 10.1 Å². The number of amides is 1. The number of nitrogens with zero attached hydrogens (tertiary/aromatic N) is 4. The van der Waals surface area contributed by atoms with Crippen LogP contribution in [0.15, 0.2) is 84.5 Å². The van der Waals surface area contributed by atoms with Gasteiger partial charge in [0.05, 0.1) is 16.0 Å². The number of allylic oxidation sites excluding steroid dienone is 1. The molecule has 0 aliphatic rings. The predicted octanol–water partition coefficient (Wildman–Crippen LogP) is 6.59. The molecule has 0 aliphatic carbocycles. The fraction of sp³-hybridized carbons (Fsp3) is 0.111. The fourth-order valence-corrected chi connectivity index (χ4v) is 5.50. The van der Waals surface area contributed by atoms with E-state index in [1.165, 1.54) is 29.5 Å². The first-order valence-corrected chi connectivity index (χ1v) is 13.0. The maximum atomic E-state index is 13.3. The molecule has 0 fully saturated rings. The number of halogens is 1. The number of carbonyl (C=O) groups is 1. The highest BCUT2D eigenvalue weighted by molar-refractivity contribution is 7.99. The molecule has 2 aromatic heterocycles. The average Bonchev–Trinajstić information content (AvgIpc) is 3.48. The molecule has 0 saturated heterocycles. The highest BCUT2D eigenvalue weighted by Gasteiger charge is 2.15. The predicted molar refractivity (Wildman–Crippen MR) is 145 cm³/mol. The summed E-state index contributed by atoms with van der Waals surface area (Å²) in [5, 5.41) is 12.9. The second-order valence-electron chi connectivity index (χ2n) is 8.12. The van der Waals surface area contributed by atoms with E-state index < -0.39 is 0 Å². The van der Waals surface area contributed by atoms with E-state index in [1.807, 2.05) is 34.9 Å². The lowest BCUT2D eigenvalue weighted by Crippen LogP contribution is -2.14. The van der Waals surface area contributed by atoms with E-state index in [2.05, 4.69) is 41.1 Å². The summed E-state index contributed by atoms with van der Waals surface area (Å²) in [5.41, 5.74) is 4.66. The summed E-state index contributed by atoms with van der Waals surface area (Å²) < 4.78 is 16.3. The molecule has 0 spiro atoms. The summed E-state index contributed by atoms with van der Waals surface area (Å²) in [5.74, 6) is 0.290. The van der Waals surface area contributed by atoms with E-state index >= 15 is 0 Å². The fourth-order valence-electron chi connectivity index (χ4n) is 3.68. The van der Waals surface area contributed by atoms with Gasteiger partial charge >= 0.3 is 0 Å². The van der Waals surface area contributed by atoms with Crippen LogP contribution in [-0.4, -0.2) is 31.4 Å². The minimum Gasteiger partial charge on any atom is -0.325 e. The standard InChI is InChI=1S/C27H22FN5OS2/c1-3-14-33-25(18-5-9-20(28)10-6-18)31-32-27(33)35-16-24(34)29-21-11-7-19(8-12-21)26-30-22-13-4-17(2)15-23(22)36-26/h3-13,15H,1,14,16H2,2H3,(H,29,34). The number of benzene rings is 3. The van der Waals surface area contributed by atoms with Crippen LogP contribution in [0, 0.1) is 12.7 Å². The second-order valence-corrected chi connectivity index (χ2v) is 10.1. The van der Waals surface area contributed by atoms with Crippen molar-refractivity contribution in [3.63, 3.8) is 0 Å². The van der Waals surface area contributed by atoms with E-state index in [0.717, 1.165) is 26.4 Å². The van der Waals surface area contributed by atoms with Crippen LogP contribution in [-0.2, 0) is 11.3 Å². The zero-order chi connectivity index (χ0) is 25.1. The van der Waals surface area contributed by atoms with Crippen LogP contribution >= 0.6 is 23.1 Å². The number of fused-ring (bicyclic) bond motifs is 1. The topological polar surface area (TPSA) is 72.7 Å². The Bertz CT molecular complexity index is 1540. The lowest BCUT2D eigenvalue weighted by molar-refractivity contribution is -0.113. The molecule has 1 N–H and O–H groups in total. The Morgan fingerprint density at radius 1 is 1.08 bits per heavy atom. The van der Waals surface area contributed by atoms with Crippen LogP contribution in [0.1, 0.15) is 5.56 Å². The lowest BCUT2D eigenvalue weighted by Gasteiger charge is -2.08. The molecule has 6 nitrogen and oxygen atoms in total. The molecule has 0 saturated carbocycles. The van der Waals surface area contributed by atoms with E-state index in [9.17, 15) is 9.18 Å². The van der Waals surface area contributed by atoms with Gasteiger partial charge in [0.25, 0.3) is 0 Å². The maximum Gasteiger partial charge on any atom is 0.234 e. The lowest BCUT2D eigenvalue weighted by atomic mass is 10.2. The van der Waals surface area contributed by atoms with Crippen molar-refractivity contribution in [1.29, 1.82) is 0 Å². The van der Waals surface area contributed by atoms with Gasteiger partial charge in [-0.15, -0.1) is 28.1 Å². The molecule has 2 heterocycles. The zero-order valence-electron chi connectivity index (χ0n) is 19.4. The minimum absolute atomic E-state index is 0.153. The monoisotopic (exact) mass is 515 g/mol. The molecule has 5 aromatic rings. The number of carbonyl (C=O) groups excluding carboxylic acids is 1. The van der Waals surface area contributed by atoms with Gasteiger partial charge in [0.1, 0.15) is 10.8 Å². The van der Waals surface area contributed by atoms with E-state index in [1.54, 1.807) is 29.5 Å². The van der Waals surface area contributed by atoms with Gasteiger partial charge in [-0.3, -0.25) is 9.36 Å². The molecule has 9 heteroatoms. The molecule has 0 bridgehead atoms. The Kier molecular flexibility index (Phi) is 6.92. The van der Waals surface area contributed by atoms with Gasteiger partial charge in [0, 0.05) is 23.4 Å². The van der Waals surface area contributed by atoms with Crippen molar-refractivity contribution in [3.8, 4) is 22.0 Å². The number of hydrogen-bond acceptors (Lipinski definition) is 6. The van der Waals surface area contributed by atoms with Gasteiger partial charge in [0.15, 0.2) is 11.0 Å². The molecular weight excluding hydrogens is 493 g/mol. The summed E-state index contributed by atoms with van der Waals surface area (Å²) in [6.07, 6.45) is 1.73. The normalized spacial score (nSPS) is 11.1. The second kappa shape index (κ2) is 10.4. The quantitative estimate of drug-likeness (QED) is 0.187. The van der Waals surface area contributed by atoms with Crippen LogP contribution < -0.4 is 5.32 Å². The summed E-state index contributed by atoms with van der Waals surface area (Å²) in [6, 6.07) is 20.0. The summed E-state index contributed by atoms with van der Waals surface area (Å²) in [4.78, 5) is 17.3. The molecule has 0 aliphatic heterocycles. The van der Waals surface area contributed by atoms with E-state index in [4.69, 9.17) is 4.98 Å². The van der Waals surface area contributed by atoms with E-state index in [0.29, 0.717) is 23.2 Å². The number of rotatable bonds is 8. The van der Waals surface area contributed by atoms with Crippen LogP contribution in [0.2, 0.25) is 0 Å². The zero-order valence-corrected chi connectivity index (χ0v) is 21.1. The molecule has 36 heavy (non-hydrogen) atoms. The number of aromatic nitrogens is 4. The van der Waals surface area contributed by atoms with Crippen molar-refractivity contribution in [3.05, 3.63) is 90.8 Å². The maximum absolute atomic E-state index is 13.3. The summed E-state index contributed by atoms with van der Waals surface area (Å²) in [6.45, 7) is 6.33. The van der Waals surface area contributed by atoms with Crippen LogP contribution in [0.3, 0.4) is 0 Å². The van der Waals surface area contributed by atoms with Gasteiger partial charge in [-0.2, -0.15) is 0 Å². The van der Waals surface area contributed by atoms with Crippen molar-refractivity contribution < 1.29 is 9.18 Å². The third-order valence-electron chi connectivity index (χ3n) is 5.42. The van der Waals surface area contributed by atoms with Crippen LogP contribution in [0.25, 0.3) is 32.2 Å². The van der Waals surface area contributed by atoms with Gasteiger partial charge in [-0.1, -0.05) is 23.9 Å². The van der Waals surface area contributed by atoms with Gasteiger partial charge < -0.3 is 5.32 Å². The molecular formula is C27H22FN5OS2. The third-order valence-corrected chi connectivity index (χ3v) is 7.46. The third kappa shape index (κ3) is 5.22. The molecule has 180 valence electrons. The first-order valence-electron chi connectivity index (χ1n) is 11.2. The van der Waals surface area contributed by atoms with Gasteiger partial charge in [-0.05, 0) is 73.2 Å². The Hall–Kier alpha value is -3.82. The van der Waals surface area contributed by atoms with Crippen molar-refractivity contribution >= 4 is 44.9 Å². The number of hydrogen-bond donors (Lipinski definition) is 1. The molecule has 0 atom stereocenters. The van der Waals surface area contributed by atoms with Crippen molar-refractivity contribution in [2.45, 2.75) is 18.6 Å². The Morgan fingerprint density at radius 3 is 2.58 bits per heavy atom. The number of thioether (sulfide) groups is 1. The van der Waals surface area contributed by atoms with Crippen molar-refractivity contribution in [1.82, 2.24) is 19.7 Å². The smallest absolute Gasteiger partial charge is 0.234 e. The average molecular weight is 516 g/mol. The number of anilines is 1. The largest absolute Gasteiger partial charge is 0.325 e. The van der Waals surface area contributed by atoms with E-state index in [-0.39, 0.29) is 17.5 Å². The number of nitrogens with one attached hydrogen (secondary N) is 1. The molecule has 5 rings (SSSR count). The molecule has 1 amide bonds. The Labute approximate surface area is 215 Å². The SMILES string of the molecule is C=CCn1c(SCC(=O)Nc2ccc(-c3nc4ccc(C)cc4s3)cc2)nnc1-c1ccc(F)cc1. The molecule has 0 unspecified atom stereocenters. The summed E-state index contributed by atoms with van der Waals surface area (Å²) in [7, 11) is 0.